The van der Waals surface area contributed by atoms with Gasteiger partial charge in [0, 0.05) is 16.7 Å². The van der Waals surface area contributed by atoms with Crippen LogP contribution in [0.3, 0.4) is 0 Å². The quantitative estimate of drug-likeness (QED) is 0.209. The molecule has 0 aliphatic heterocycles. The van der Waals surface area contributed by atoms with Crippen LogP contribution in [0.5, 0.6) is 0 Å². The SMILES string of the molecule is [2H]c1cc([2H])c(-c2nc(-c3ccccc3)nc(-c3ccccc3-c3ccc4cc(-c5ccc6ccccc6c5)ccc4c3)n2)c([2H])c1. The summed E-state index contributed by atoms with van der Waals surface area (Å²) in [6, 6.07) is 48.7. The molecule has 0 amide bonds. The molecule has 0 N–H and O–H groups in total. The predicted molar refractivity (Wildman–Crippen MR) is 182 cm³/mol. The summed E-state index contributed by atoms with van der Waals surface area (Å²) in [5.41, 5.74) is 6.23. The van der Waals surface area contributed by atoms with Gasteiger partial charge >= 0.3 is 0 Å². The van der Waals surface area contributed by atoms with Gasteiger partial charge in [0.2, 0.25) is 0 Å². The highest BCUT2D eigenvalue weighted by atomic mass is 15.0. The summed E-state index contributed by atoms with van der Waals surface area (Å²) in [4.78, 5) is 14.5. The first-order valence-electron chi connectivity index (χ1n) is 16.0. The van der Waals surface area contributed by atoms with Gasteiger partial charge in [0.05, 0.1) is 4.11 Å². The van der Waals surface area contributed by atoms with Crippen LogP contribution in [0, 0.1) is 0 Å². The predicted octanol–water partition coefficient (Wildman–Crippen LogP) is 10.5. The molecule has 7 aromatic carbocycles. The zero-order chi connectivity index (χ0) is 31.9. The molecule has 0 saturated carbocycles. The van der Waals surface area contributed by atoms with Crippen molar-refractivity contribution in [2.24, 2.45) is 0 Å². The van der Waals surface area contributed by atoms with Crippen molar-refractivity contribution < 1.29 is 4.11 Å². The standard InChI is InChI=1S/C41H27N3/c1-3-12-29(13-4-1)39-42-40(30-14-5-2-6-15-30)44-41(43-39)38-18-10-9-17-37(38)36-24-23-34-26-33(21-22-35(34)27-36)32-20-19-28-11-7-8-16-31(28)25-32/h1-27H/i1D,12D,13D. The van der Waals surface area contributed by atoms with Crippen LogP contribution >= 0.6 is 0 Å². The molecular weight excluding hydrogens is 534 g/mol. The van der Waals surface area contributed by atoms with E-state index in [4.69, 9.17) is 19.1 Å². The Morgan fingerprint density at radius 1 is 0.341 bits per heavy atom. The van der Waals surface area contributed by atoms with Crippen molar-refractivity contribution in [3.63, 3.8) is 0 Å². The van der Waals surface area contributed by atoms with E-state index in [0.717, 1.165) is 33.0 Å². The molecule has 0 bridgehead atoms. The van der Waals surface area contributed by atoms with Crippen molar-refractivity contribution in [2.75, 3.05) is 0 Å². The third kappa shape index (κ3) is 4.91. The summed E-state index contributed by atoms with van der Waals surface area (Å²) < 4.78 is 25.1. The molecular formula is C41H27N3. The fourth-order valence-electron chi connectivity index (χ4n) is 5.66. The van der Waals surface area contributed by atoms with Crippen molar-refractivity contribution in [3.8, 4) is 56.4 Å². The second-order valence-electron chi connectivity index (χ2n) is 10.7. The van der Waals surface area contributed by atoms with E-state index in [1.54, 1.807) is 0 Å². The van der Waals surface area contributed by atoms with Gasteiger partial charge < -0.3 is 0 Å². The number of benzene rings is 7. The molecule has 0 atom stereocenters. The Bertz CT molecular complexity index is 2440. The Labute approximate surface area is 260 Å². The molecule has 8 aromatic rings. The summed E-state index contributed by atoms with van der Waals surface area (Å²) in [6.07, 6.45) is 0. The molecule has 0 aliphatic carbocycles. The molecule has 0 aliphatic rings. The first-order valence-corrected chi connectivity index (χ1v) is 14.5. The molecule has 8 rings (SSSR count). The third-order valence-corrected chi connectivity index (χ3v) is 7.89. The zero-order valence-electron chi connectivity index (χ0n) is 26.7. The van der Waals surface area contributed by atoms with Gasteiger partial charge in [-0.2, -0.15) is 0 Å². The Balaban J connectivity index is 1.24. The average Bonchev–Trinajstić information content (AvgIpc) is 3.11. The minimum Gasteiger partial charge on any atom is -0.208 e. The Morgan fingerprint density at radius 2 is 0.841 bits per heavy atom. The number of fused-ring (bicyclic) bond motifs is 2. The summed E-state index contributed by atoms with van der Waals surface area (Å²) >= 11 is 0. The average molecular weight is 565 g/mol. The molecule has 0 saturated heterocycles. The maximum absolute atomic E-state index is 8.56. The highest BCUT2D eigenvalue weighted by Gasteiger charge is 2.15. The molecule has 44 heavy (non-hydrogen) atoms. The second-order valence-corrected chi connectivity index (χ2v) is 10.7. The lowest BCUT2D eigenvalue weighted by Gasteiger charge is -2.13. The molecule has 3 nitrogen and oxygen atoms in total. The normalized spacial score (nSPS) is 12.1. The third-order valence-electron chi connectivity index (χ3n) is 7.89. The molecule has 1 aromatic heterocycles. The summed E-state index contributed by atoms with van der Waals surface area (Å²) in [5, 5.41) is 4.72. The smallest absolute Gasteiger partial charge is 0.164 e. The molecule has 3 heteroatoms. The first kappa shape index (κ1) is 22.6. The minimum absolute atomic E-state index is 0.0320. The second kappa shape index (κ2) is 11.0. The van der Waals surface area contributed by atoms with Gasteiger partial charge in [-0.15, -0.1) is 0 Å². The van der Waals surface area contributed by atoms with E-state index in [9.17, 15) is 0 Å². The van der Waals surface area contributed by atoms with Gasteiger partial charge in [-0.05, 0) is 62.0 Å². The number of rotatable bonds is 5. The van der Waals surface area contributed by atoms with Crippen LogP contribution in [0.2, 0.25) is 0 Å². The lowest BCUT2D eigenvalue weighted by Crippen LogP contribution is -2.01. The van der Waals surface area contributed by atoms with Gasteiger partial charge in [0.25, 0.3) is 0 Å². The Morgan fingerprint density at radius 3 is 1.57 bits per heavy atom. The van der Waals surface area contributed by atoms with Crippen molar-refractivity contribution in [1.82, 2.24) is 15.0 Å². The van der Waals surface area contributed by atoms with E-state index in [1.807, 2.05) is 48.5 Å². The van der Waals surface area contributed by atoms with Crippen LogP contribution in [0.1, 0.15) is 4.11 Å². The van der Waals surface area contributed by atoms with Crippen molar-refractivity contribution >= 4 is 21.5 Å². The molecule has 0 spiro atoms. The van der Waals surface area contributed by atoms with Crippen LogP contribution in [0.15, 0.2) is 164 Å². The molecule has 0 unspecified atom stereocenters. The Kier molecular flexibility index (Phi) is 5.69. The van der Waals surface area contributed by atoms with Crippen molar-refractivity contribution in [3.05, 3.63) is 164 Å². The fraction of sp³-hybridized carbons (Fsp3) is 0. The lowest BCUT2D eigenvalue weighted by molar-refractivity contribution is 1.07. The summed E-state index contributed by atoms with van der Waals surface area (Å²) in [7, 11) is 0. The van der Waals surface area contributed by atoms with E-state index in [0.29, 0.717) is 11.6 Å². The molecule has 1 heterocycles. The van der Waals surface area contributed by atoms with E-state index in [1.165, 1.54) is 34.0 Å². The van der Waals surface area contributed by atoms with Crippen LogP contribution in [-0.4, -0.2) is 15.0 Å². The van der Waals surface area contributed by atoms with Crippen LogP contribution in [0.25, 0.3) is 78.0 Å². The van der Waals surface area contributed by atoms with Crippen molar-refractivity contribution in [1.29, 1.82) is 0 Å². The van der Waals surface area contributed by atoms with E-state index in [2.05, 4.69) is 84.9 Å². The van der Waals surface area contributed by atoms with Crippen LogP contribution in [0.4, 0.5) is 0 Å². The monoisotopic (exact) mass is 564 g/mol. The van der Waals surface area contributed by atoms with E-state index < -0.39 is 0 Å². The highest BCUT2D eigenvalue weighted by Crippen LogP contribution is 2.35. The van der Waals surface area contributed by atoms with Gasteiger partial charge in [0.1, 0.15) is 0 Å². The molecule has 206 valence electrons. The summed E-state index contributed by atoms with van der Waals surface area (Å²) in [5.74, 6) is 1.14. The van der Waals surface area contributed by atoms with Gasteiger partial charge in [-0.3, -0.25) is 0 Å². The maximum Gasteiger partial charge on any atom is 0.164 e. The topological polar surface area (TPSA) is 38.7 Å². The van der Waals surface area contributed by atoms with Crippen molar-refractivity contribution in [2.45, 2.75) is 0 Å². The minimum atomic E-state index is 0.0320. The number of nitrogens with zero attached hydrogens (tertiary/aromatic N) is 3. The number of hydrogen-bond donors (Lipinski definition) is 0. The summed E-state index contributed by atoms with van der Waals surface area (Å²) in [6.45, 7) is 0. The lowest BCUT2D eigenvalue weighted by atomic mass is 9.94. The fourth-order valence-corrected chi connectivity index (χ4v) is 5.66. The number of hydrogen-bond acceptors (Lipinski definition) is 3. The highest BCUT2D eigenvalue weighted by molar-refractivity contribution is 5.94. The largest absolute Gasteiger partial charge is 0.208 e. The van der Waals surface area contributed by atoms with E-state index in [-0.39, 0.29) is 29.5 Å². The van der Waals surface area contributed by atoms with Crippen LogP contribution in [-0.2, 0) is 0 Å². The van der Waals surface area contributed by atoms with Gasteiger partial charge in [0.15, 0.2) is 17.5 Å². The zero-order valence-corrected chi connectivity index (χ0v) is 23.7. The Hall–Kier alpha value is -5.93. The van der Waals surface area contributed by atoms with Gasteiger partial charge in [-0.25, -0.2) is 15.0 Å². The number of aromatic nitrogens is 3. The van der Waals surface area contributed by atoms with Gasteiger partial charge in [-0.1, -0.05) is 146 Å². The molecule has 0 radical (unpaired) electrons. The maximum atomic E-state index is 8.56. The first-order chi connectivity index (χ1) is 23.0. The van der Waals surface area contributed by atoms with E-state index >= 15 is 0 Å². The van der Waals surface area contributed by atoms with Crippen LogP contribution < -0.4 is 0 Å². The molecule has 0 fully saturated rings.